The van der Waals surface area contributed by atoms with E-state index < -0.39 is 18.8 Å². The maximum atomic E-state index is 12.3. The Morgan fingerprint density at radius 1 is 1.17 bits per heavy atom. The second-order valence-corrected chi connectivity index (χ2v) is 8.18. The normalized spacial score (nSPS) is 14.7. The minimum Gasteiger partial charge on any atom is -0.341 e. The summed E-state index contributed by atoms with van der Waals surface area (Å²) in [6.45, 7) is 1.11. The van der Waals surface area contributed by atoms with Crippen molar-refractivity contribution >= 4 is 29.4 Å². The van der Waals surface area contributed by atoms with E-state index in [0.29, 0.717) is 18.5 Å². The number of hydrogen-bond acceptors (Lipinski definition) is 4. The topological polar surface area (TPSA) is 64.7 Å². The molecule has 0 spiro atoms. The van der Waals surface area contributed by atoms with Gasteiger partial charge in [-0.1, -0.05) is 12.1 Å². The average Bonchev–Trinajstić information content (AvgIpc) is 2.66. The Morgan fingerprint density at radius 3 is 2.45 bits per heavy atom. The molecule has 1 aromatic rings. The van der Waals surface area contributed by atoms with Crippen molar-refractivity contribution in [3.8, 4) is 0 Å². The Kier molecular flexibility index (Phi) is 9.09. The smallest absolute Gasteiger partial charge is 0.341 e. The number of amides is 3. The molecule has 0 bridgehead atoms. The summed E-state index contributed by atoms with van der Waals surface area (Å²) in [5.41, 5.74) is 1.47. The highest BCUT2D eigenvalue weighted by Gasteiger charge is 2.28. The molecule has 162 valence electrons. The van der Waals surface area contributed by atoms with Crippen LogP contribution in [0.4, 0.5) is 23.7 Å². The zero-order valence-corrected chi connectivity index (χ0v) is 17.2. The lowest BCUT2D eigenvalue weighted by Crippen LogP contribution is -2.38. The summed E-state index contributed by atoms with van der Waals surface area (Å²) in [4.78, 5) is 27.2. The van der Waals surface area contributed by atoms with Gasteiger partial charge in [-0.05, 0) is 37.7 Å². The fraction of sp³-hybridized carbons (Fsp3) is 0.579. The average molecular weight is 433 g/mol. The molecule has 1 aliphatic heterocycles. The first-order valence-corrected chi connectivity index (χ1v) is 10.6. The molecule has 1 heterocycles. The van der Waals surface area contributed by atoms with Crippen molar-refractivity contribution in [1.82, 2.24) is 15.1 Å². The Morgan fingerprint density at radius 2 is 1.83 bits per heavy atom. The first kappa shape index (κ1) is 23.3. The third-order valence-corrected chi connectivity index (χ3v) is 5.32. The van der Waals surface area contributed by atoms with Crippen LogP contribution in [0, 0.1) is 0 Å². The molecular formula is C19H27F3N4O2S. The van der Waals surface area contributed by atoms with Gasteiger partial charge >= 0.3 is 12.2 Å². The molecule has 1 aromatic carbocycles. The largest absolute Gasteiger partial charge is 0.401 e. The molecule has 3 amide bonds. The molecule has 0 saturated carbocycles. The number of rotatable bonds is 8. The molecule has 2 N–H and O–H groups in total. The summed E-state index contributed by atoms with van der Waals surface area (Å²) in [6.07, 6.45) is -3.47. The Labute approximate surface area is 173 Å². The van der Waals surface area contributed by atoms with Gasteiger partial charge in [-0.3, -0.25) is 9.69 Å². The van der Waals surface area contributed by atoms with E-state index in [9.17, 15) is 22.8 Å². The van der Waals surface area contributed by atoms with Gasteiger partial charge in [-0.25, -0.2) is 4.79 Å². The van der Waals surface area contributed by atoms with Gasteiger partial charge in [-0.15, -0.1) is 0 Å². The van der Waals surface area contributed by atoms with Gasteiger partial charge in [-0.2, -0.15) is 24.9 Å². The van der Waals surface area contributed by atoms with Gasteiger partial charge in [0.2, 0.25) is 5.91 Å². The molecule has 0 aromatic heterocycles. The van der Waals surface area contributed by atoms with Crippen LogP contribution in [0.2, 0.25) is 0 Å². The van der Waals surface area contributed by atoms with Crippen LogP contribution in [0.3, 0.4) is 0 Å². The zero-order chi connectivity index (χ0) is 21.3. The van der Waals surface area contributed by atoms with Crippen LogP contribution in [0.15, 0.2) is 24.3 Å². The maximum Gasteiger partial charge on any atom is 0.401 e. The summed E-state index contributed by atoms with van der Waals surface area (Å²) in [5, 5.41) is 5.29. The fourth-order valence-electron chi connectivity index (χ4n) is 2.92. The van der Waals surface area contributed by atoms with Gasteiger partial charge in [0.05, 0.1) is 13.0 Å². The lowest BCUT2D eigenvalue weighted by atomic mass is 10.1. The van der Waals surface area contributed by atoms with Crippen LogP contribution in [-0.4, -0.2) is 79.2 Å². The number of alkyl halides is 3. The van der Waals surface area contributed by atoms with Crippen molar-refractivity contribution in [1.29, 1.82) is 0 Å². The Balaban J connectivity index is 1.66. The number of carbonyl (C=O) groups excluding carboxylic acids is 2. The van der Waals surface area contributed by atoms with E-state index >= 15 is 0 Å². The number of nitrogens with zero attached hydrogens (tertiary/aromatic N) is 2. The summed E-state index contributed by atoms with van der Waals surface area (Å²) in [6, 6.07) is 6.64. The molecule has 1 fully saturated rings. The molecule has 1 aliphatic rings. The van der Waals surface area contributed by atoms with E-state index in [4.69, 9.17) is 0 Å². The predicted octanol–water partition coefficient (Wildman–Crippen LogP) is 2.81. The Hall–Kier alpha value is -1.94. The zero-order valence-electron chi connectivity index (χ0n) is 16.4. The molecule has 0 unspecified atom stereocenters. The van der Waals surface area contributed by atoms with E-state index in [1.54, 1.807) is 24.3 Å². The SMILES string of the molecule is CN(CCCNC(=O)Nc1ccc(CC(=O)N2CCSCC2)cc1)CC(F)(F)F. The van der Waals surface area contributed by atoms with Gasteiger partial charge in [0, 0.05) is 36.8 Å². The van der Waals surface area contributed by atoms with Crippen molar-refractivity contribution < 1.29 is 22.8 Å². The van der Waals surface area contributed by atoms with Crippen LogP contribution >= 0.6 is 11.8 Å². The first-order chi connectivity index (χ1) is 13.7. The third-order valence-electron chi connectivity index (χ3n) is 4.38. The van der Waals surface area contributed by atoms with Crippen LogP contribution < -0.4 is 10.6 Å². The quantitative estimate of drug-likeness (QED) is 0.620. The summed E-state index contributed by atoms with van der Waals surface area (Å²) < 4.78 is 36.7. The number of hydrogen-bond donors (Lipinski definition) is 2. The highest BCUT2D eigenvalue weighted by molar-refractivity contribution is 7.99. The Bertz CT molecular complexity index is 664. The summed E-state index contributed by atoms with van der Waals surface area (Å²) >= 11 is 1.85. The number of carbonyl (C=O) groups is 2. The molecule has 0 atom stereocenters. The first-order valence-electron chi connectivity index (χ1n) is 9.47. The van der Waals surface area contributed by atoms with E-state index in [0.717, 1.165) is 30.2 Å². The van der Waals surface area contributed by atoms with Gasteiger partial charge < -0.3 is 15.5 Å². The highest BCUT2D eigenvalue weighted by atomic mass is 32.2. The molecule has 0 radical (unpaired) electrons. The van der Waals surface area contributed by atoms with Crippen molar-refractivity contribution in [2.75, 3.05) is 56.6 Å². The number of halogens is 3. The van der Waals surface area contributed by atoms with Gasteiger partial charge in [0.1, 0.15) is 0 Å². The standard InChI is InChI=1S/C19H27F3N4O2S/c1-25(14-19(20,21)22)8-2-7-23-18(28)24-16-5-3-15(4-6-16)13-17(27)26-9-11-29-12-10-26/h3-6H,2,7-14H2,1H3,(H2,23,24,28). The number of urea groups is 1. The molecule has 2 rings (SSSR count). The second kappa shape index (κ2) is 11.3. The van der Waals surface area contributed by atoms with Crippen LogP contribution in [-0.2, 0) is 11.2 Å². The summed E-state index contributed by atoms with van der Waals surface area (Å²) in [5.74, 6) is 2.06. The second-order valence-electron chi connectivity index (χ2n) is 6.95. The van der Waals surface area contributed by atoms with Gasteiger partial charge in [0.15, 0.2) is 0 Å². The number of benzene rings is 1. The molecule has 29 heavy (non-hydrogen) atoms. The molecule has 0 aliphatic carbocycles. The predicted molar refractivity (Wildman–Crippen MR) is 109 cm³/mol. The highest BCUT2D eigenvalue weighted by Crippen LogP contribution is 2.16. The number of nitrogens with one attached hydrogen (secondary N) is 2. The van der Waals surface area contributed by atoms with E-state index in [2.05, 4.69) is 10.6 Å². The van der Waals surface area contributed by atoms with E-state index in [1.807, 2.05) is 16.7 Å². The van der Waals surface area contributed by atoms with Crippen molar-refractivity contribution in [2.45, 2.75) is 19.0 Å². The maximum absolute atomic E-state index is 12.3. The number of thioether (sulfide) groups is 1. The molecule has 10 heteroatoms. The molecular weight excluding hydrogens is 405 g/mol. The van der Waals surface area contributed by atoms with E-state index in [1.165, 1.54) is 11.9 Å². The van der Waals surface area contributed by atoms with Crippen LogP contribution in [0.5, 0.6) is 0 Å². The molecule has 1 saturated heterocycles. The third kappa shape index (κ3) is 9.40. The molecule has 6 nitrogen and oxygen atoms in total. The van der Waals surface area contributed by atoms with Crippen molar-refractivity contribution in [3.05, 3.63) is 29.8 Å². The summed E-state index contributed by atoms with van der Waals surface area (Å²) in [7, 11) is 1.39. The minimum atomic E-state index is -4.22. The van der Waals surface area contributed by atoms with Crippen molar-refractivity contribution in [3.63, 3.8) is 0 Å². The lowest BCUT2D eigenvalue weighted by Gasteiger charge is -2.26. The van der Waals surface area contributed by atoms with Gasteiger partial charge in [0.25, 0.3) is 0 Å². The fourth-order valence-corrected chi connectivity index (χ4v) is 3.82. The lowest BCUT2D eigenvalue weighted by molar-refractivity contribution is -0.143. The van der Waals surface area contributed by atoms with E-state index in [-0.39, 0.29) is 19.0 Å². The van der Waals surface area contributed by atoms with Crippen molar-refractivity contribution in [2.24, 2.45) is 0 Å². The minimum absolute atomic E-state index is 0.110. The van der Waals surface area contributed by atoms with Crippen LogP contribution in [0.25, 0.3) is 0 Å². The van der Waals surface area contributed by atoms with Crippen LogP contribution in [0.1, 0.15) is 12.0 Å². The monoisotopic (exact) mass is 432 g/mol. The number of anilines is 1.